The Labute approximate surface area is 163 Å². The Morgan fingerprint density at radius 3 is 2.54 bits per heavy atom. The fraction of sp³-hybridized carbons (Fsp3) is 0.130. The molecule has 28 heavy (non-hydrogen) atoms. The van der Waals surface area contributed by atoms with E-state index in [1.165, 1.54) is 0 Å². The highest BCUT2D eigenvalue weighted by molar-refractivity contribution is 5.71. The summed E-state index contributed by atoms with van der Waals surface area (Å²) in [6.45, 7) is 2.20. The standard InChI is InChI=1S/C23H19NO4/c1-16-18(12-23(25)26)8-5-9-21(16)28-22-13-20(11-10-19(22)14-24)27-15-17-6-3-2-4-7-17/h2-11,13H,12,15H2,1H3,(H,25,26). The molecule has 0 spiro atoms. The summed E-state index contributed by atoms with van der Waals surface area (Å²) in [5.74, 6) is 0.547. The van der Waals surface area contributed by atoms with Crippen molar-refractivity contribution in [3.8, 4) is 23.3 Å². The number of carboxylic acids is 1. The molecule has 0 aromatic heterocycles. The smallest absolute Gasteiger partial charge is 0.307 e. The number of ether oxygens (including phenoxy) is 2. The van der Waals surface area contributed by atoms with E-state index >= 15 is 0 Å². The lowest BCUT2D eigenvalue weighted by atomic mass is 10.0. The normalized spacial score (nSPS) is 10.1. The van der Waals surface area contributed by atoms with Gasteiger partial charge in [-0.1, -0.05) is 42.5 Å². The number of rotatable bonds is 7. The zero-order valence-corrected chi connectivity index (χ0v) is 15.4. The van der Waals surface area contributed by atoms with Gasteiger partial charge in [0.1, 0.15) is 29.9 Å². The van der Waals surface area contributed by atoms with Gasteiger partial charge in [-0.05, 0) is 41.8 Å². The van der Waals surface area contributed by atoms with Crippen LogP contribution in [-0.4, -0.2) is 11.1 Å². The van der Waals surface area contributed by atoms with Crippen LogP contribution in [-0.2, 0) is 17.8 Å². The Morgan fingerprint density at radius 2 is 1.82 bits per heavy atom. The molecule has 0 heterocycles. The third-order valence-corrected chi connectivity index (χ3v) is 4.28. The van der Waals surface area contributed by atoms with E-state index in [9.17, 15) is 10.1 Å². The second-order valence-corrected chi connectivity index (χ2v) is 6.26. The van der Waals surface area contributed by atoms with Gasteiger partial charge in [0, 0.05) is 6.07 Å². The highest BCUT2D eigenvalue weighted by atomic mass is 16.5. The van der Waals surface area contributed by atoms with Crippen LogP contribution in [0.1, 0.15) is 22.3 Å². The fourth-order valence-electron chi connectivity index (χ4n) is 2.75. The Kier molecular flexibility index (Phi) is 5.93. The van der Waals surface area contributed by atoms with E-state index < -0.39 is 5.97 Å². The third kappa shape index (κ3) is 4.68. The fourth-order valence-corrected chi connectivity index (χ4v) is 2.75. The van der Waals surface area contributed by atoms with E-state index in [2.05, 4.69) is 6.07 Å². The molecule has 0 aliphatic rings. The molecule has 3 aromatic rings. The van der Waals surface area contributed by atoms with Crippen LogP contribution >= 0.6 is 0 Å². The van der Waals surface area contributed by atoms with Gasteiger partial charge in [-0.3, -0.25) is 4.79 Å². The van der Waals surface area contributed by atoms with Crippen LogP contribution in [0.25, 0.3) is 0 Å². The second-order valence-electron chi connectivity index (χ2n) is 6.26. The largest absolute Gasteiger partial charge is 0.489 e. The number of aliphatic carboxylic acids is 1. The molecule has 3 aromatic carbocycles. The molecule has 0 aliphatic heterocycles. The van der Waals surface area contributed by atoms with E-state index in [1.54, 1.807) is 43.3 Å². The summed E-state index contributed by atoms with van der Waals surface area (Å²) >= 11 is 0. The van der Waals surface area contributed by atoms with E-state index in [1.807, 2.05) is 30.3 Å². The number of carbonyl (C=O) groups is 1. The lowest BCUT2D eigenvalue weighted by Gasteiger charge is -2.14. The molecule has 0 atom stereocenters. The van der Waals surface area contributed by atoms with Crippen LogP contribution in [0.3, 0.4) is 0 Å². The third-order valence-electron chi connectivity index (χ3n) is 4.28. The van der Waals surface area contributed by atoms with Crippen molar-refractivity contribution in [1.29, 1.82) is 5.26 Å². The van der Waals surface area contributed by atoms with E-state index in [-0.39, 0.29) is 6.42 Å². The molecule has 140 valence electrons. The second kappa shape index (κ2) is 8.74. The molecule has 1 N–H and O–H groups in total. The first-order valence-corrected chi connectivity index (χ1v) is 8.76. The van der Waals surface area contributed by atoms with Gasteiger partial charge in [0.05, 0.1) is 12.0 Å². The Hall–Kier alpha value is -3.78. The van der Waals surface area contributed by atoms with Crippen molar-refractivity contribution in [1.82, 2.24) is 0 Å². The highest BCUT2D eigenvalue weighted by Crippen LogP contribution is 2.32. The average Bonchev–Trinajstić information content (AvgIpc) is 2.70. The molecule has 0 unspecified atom stereocenters. The van der Waals surface area contributed by atoms with Gasteiger partial charge in [-0.25, -0.2) is 0 Å². The minimum Gasteiger partial charge on any atom is -0.489 e. The van der Waals surface area contributed by atoms with Gasteiger partial charge in [0.15, 0.2) is 0 Å². The van der Waals surface area contributed by atoms with Gasteiger partial charge < -0.3 is 14.6 Å². The minimum absolute atomic E-state index is 0.0889. The van der Waals surface area contributed by atoms with Crippen molar-refractivity contribution in [2.24, 2.45) is 0 Å². The molecule has 5 nitrogen and oxygen atoms in total. The summed E-state index contributed by atoms with van der Waals surface area (Å²) in [5, 5.41) is 18.4. The van der Waals surface area contributed by atoms with Gasteiger partial charge in [0.2, 0.25) is 0 Å². The summed E-state index contributed by atoms with van der Waals surface area (Å²) in [6.07, 6.45) is -0.0889. The first kappa shape index (κ1) is 19.0. The van der Waals surface area contributed by atoms with E-state index in [0.29, 0.717) is 35.0 Å². The van der Waals surface area contributed by atoms with Gasteiger partial charge in [-0.15, -0.1) is 0 Å². The van der Waals surface area contributed by atoms with Crippen molar-refractivity contribution >= 4 is 5.97 Å². The average molecular weight is 373 g/mol. The molecule has 0 saturated heterocycles. The molecule has 3 rings (SSSR count). The predicted molar refractivity (Wildman–Crippen MR) is 105 cm³/mol. The topological polar surface area (TPSA) is 79.6 Å². The monoisotopic (exact) mass is 373 g/mol. The van der Waals surface area contributed by atoms with Crippen molar-refractivity contribution < 1.29 is 19.4 Å². The molecule has 0 amide bonds. The molecule has 5 heteroatoms. The predicted octanol–water partition coefficient (Wildman–Crippen LogP) is 4.87. The summed E-state index contributed by atoms with van der Waals surface area (Å²) < 4.78 is 11.8. The zero-order chi connectivity index (χ0) is 19.9. The number of nitrogens with zero attached hydrogens (tertiary/aromatic N) is 1. The van der Waals surface area contributed by atoms with Crippen LogP contribution < -0.4 is 9.47 Å². The minimum atomic E-state index is -0.908. The quantitative estimate of drug-likeness (QED) is 0.639. The first-order valence-electron chi connectivity index (χ1n) is 8.76. The molecule has 0 radical (unpaired) electrons. The van der Waals surface area contributed by atoms with Crippen LogP contribution in [0.4, 0.5) is 0 Å². The molecular formula is C23H19NO4. The molecule has 0 fully saturated rings. The number of hydrogen-bond acceptors (Lipinski definition) is 4. The van der Waals surface area contributed by atoms with E-state index in [4.69, 9.17) is 14.6 Å². The van der Waals surface area contributed by atoms with Crippen molar-refractivity contribution in [3.05, 3.63) is 89.0 Å². The Morgan fingerprint density at radius 1 is 1.04 bits per heavy atom. The SMILES string of the molecule is Cc1c(CC(=O)O)cccc1Oc1cc(OCc2ccccc2)ccc1C#N. The molecule has 0 bridgehead atoms. The summed E-state index contributed by atoms with van der Waals surface area (Å²) in [7, 11) is 0. The van der Waals surface area contributed by atoms with Crippen molar-refractivity contribution in [3.63, 3.8) is 0 Å². The van der Waals surface area contributed by atoms with E-state index in [0.717, 1.165) is 11.1 Å². The summed E-state index contributed by atoms with van der Waals surface area (Å²) in [4.78, 5) is 11.0. The maximum atomic E-state index is 11.0. The number of hydrogen-bond donors (Lipinski definition) is 1. The van der Waals surface area contributed by atoms with Gasteiger partial charge in [-0.2, -0.15) is 5.26 Å². The lowest BCUT2D eigenvalue weighted by molar-refractivity contribution is -0.136. The number of carboxylic acid groups (broad SMARTS) is 1. The number of benzene rings is 3. The Balaban J connectivity index is 1.83. The zero-order valence-electron chi connectivity index (χ0n) is 15.4. The maximum Gasteiger partial charge on any atom is 0.307 e. The summed E-state index contributed by atoms with van der Waals surface area (Å²) in [5.41, 5.74) is 2.80. The van der Waals surface area contributed by atoms with Crippen LogP contribution in [0, 0.1) is 18.3 Å². The van der Waals surface area contributed by atoms with Crippen LogP contribution in [0.15, 0.2) is 66.7 Å². The van der Waals surface area contributed by atoms with Crippen molar-refractivity contribution in [2.45, 2.75) is 20.0 Å². The maximum absolute atomic E-state index is 11.0. The molecule has 0 saturated carbocycles. The molecule has 0 aliphatic carbocycles. The highest BCUT2D eigenvalue weighted by Gasteiger charge is 2.12. The number of nitriles is 1. The molecular weight excluding hydrogens is 354 g/mol. The Bertz CT molecular complexity index is 1020. The van der Waals surface area contributed by atoms with Crippen molar-refractivity contribution in [2.75, 3.05) is 0 Å². The van der Waals surface area contributed by atoms with Gasteiger partial charge >= 0.3 is 5.97 Å². The van der Waals surface area contributed by atoms with Crippen LogP contribution in [0.2, 0.25) is 0 Å². The van der Waals surface area contributed by atoms with Gasteiger partial charge in [0.25, 0.3) is 0 Å². The van der Waals surface area contributed by atoms with Crippen LogP contribution in [0.5, 0.6) is 17.2 Å². The lowest BCUT2D eigenvalue weighted by Crippen LogP contribution is -2.03. The summed E-state index contributed by atoms with van der Waals surface area (Å²) in [6, 6.07) is 22.2. The first-order chi connectivity index (χ1) is 13.6.